The molecule has 17 heavy (non-hydrogen) atoms. The van der Waals surface area contributed by atoms with Gasteiger partial charge in [-0.3, -0.25) is 4.99 Å². The van der Waals surface area contributed by atoms with E-state index in [1.165, 1.54) is 0 Å². The van der Waals surface area contributed by atoms with Gasteiger partial charge in [-0.1, -0.05) is 11.6 Å². The molecule has 0 N–H and O–H groups in total. The average molecular weight is 308 g/mol. The molecule has 5 heteroatoms. The summed E-state index contributed by atoms with van der Waals surface area (Å²) in [6.07, 6.45) is 0. The Hall–Kier alpha value is -0.264. The molecule has 88 valence electrons. The normalized spacial score (nSPS) is 16.1. The van der Waals surface area contributed by atoms with Gasteiger partial charge in [0.1, 0.15) is 12.5 Å². The quantitative estimate of drug-likeness (QED) is 0.501. The molecule has 0 atom stereocenters. The molecule has 0 spiro atoms. The van der Waals surface area contributed by atoms with E-state index in [0.717, 1.165) is 11.3 Å². The van der Waals surface area contributed by atoms with Gasteiger partial charge in [-0.2, -0.15) is 0 Å². The zero-order chi connectivity index (χ0) is 10.9. The van der Waals surface area contributed by atoms with Crippen molar-refractivity contribution in [1.82, 2.24) is 0 Å². The van der Waals surface area contributed by atoms with Gasteiger partial charge in [0.25, 0.3) is 0 Å². The molecule has 2 rings (SSSR count). The van der Waals surface area contributed by atoms with Gasteiger partial charge in [0.2, 0.25) is 0 Å². The first kappa shape index (κ1) is 16.7. The number of rotatable bonds is 2. The van der Waals surface area contributed by atoms with Crippen molar-refractivity contribution in [3.63, 3.8) is 0 Å². The van der Waals surface area contributed by atoms with E-state index in [0.29, 0.717) is 12.5 Å². The van der Waals surface area contributed by atoms with Crippen LogP contribution >= 0.6 is 0 Å². The minimum absolute atomic E-state index is 0. The summed E-state index contributed by atoms with van der Waals surface area (Å²) in [7, 11) is 1.64. The summed E-state index contributed by atoms with van der Waals surface area (Å²) in [6, 6.07) is 8.62. The molecular formula is C12H14BrMgNO2. The van der Waals surface area contributed by atoms with Gasteiger partial charge in [-0.15, -0.1) is 18.2 Å². The fourth-order valence-corrected chi connectivity index (χ4v) is 1.42. The Morgan fingerprint density at radius 2 is 2.18 bits per heavy atom. The summed E-state index contributed by atoms with van der Waals surface area (Å²) >= 11 is 0. The summed E-state index contributed by atoms with van der Waals surface area (Å²) in [4.78, 5) is 4.47. The molecule has 0 amide bonds. The molecule has 1 aliphatic heterocycles. The van der Waals surface area contributed by atoms with Gasteiger partial charge in [-0.05, 0) is 13.8 Å². The third kappa shape index (κ3) is 4.15. The van der Waals surface area contributed by atoms with Crippen LogP contribution in [0.4, 0.5) is 0 Å². The number of hydrogen-bond donors (Lipinski definition) is 0. The van der Waals surface area contributed by atoms with Gasteiger partial charge in [0.15, 0.2) is 0 Å². The van der Waals surface area contributed by atoms with Crippen molar-refractivity contribution in [2.24, 2.45) is 4.99 Å². The predicted molar refractivity (Wildman–Crippen MR) is 64.2 cm³/mol. The molecule has 0 unspecified atom stereocenters. The third-order valence-electron chi connectivity index (χ3n) is 2.21. The Morgan fingerprint density at radius 1 is 1.47 bits per heavy atom. The van der Waals surface area contributed by atoms with E-state index < -0.39 is 0 Å². The van der Waals surface area contributed by atoms with Crippen molar-refractivity contribution >= 4 is 29.0 Å². The summed E-state index contributed by atoms with van der Waals surface area (Å²) in [5.41, 5.74) is 0.714. The van der Waals surface area contributed by atoms with Crippen molar-refractivity contribution in [2.45, 2.75) is 19.4 Å². The second-order valence-electron chi connectivity index (χ2n) is 4.16. The minimum atomic E-state index is -0.133. The Morgan fingerprint density at radius 3 is 2.71 bits per heavy atom. The average Bonchev–Trinajstić information content (AvgIpc) is 2.59. The maximum absolute atomic E-state index is 5.52. The van der Waals surface area contributed by atoms with E-state index >= 15 is 0 Å². The van der Waals surface area contributed by atoms with Crippen LogP contribution in [0.25, 0.3) is 0 Å². The summed E-state index contributed by atoms with van der Waals surface area (Å²) in [5.74, 6) is 1.44. The molecular weight excluding hydrogens is 294 g/mol. The SMILES string of the molecule is COc1cc[c-]c(C2=NC(C)(C)CO2)c1.[Br-].[Mg+2]. The monoisotopic (exact) mass is 307 g/mol. The van der Waals surface area contributed by atoms with Crippen molar-refractivity contribution in [2.75, 3.05) is 13.7 Å². The van der Waals surface area contributed by atoms with Crippen LogP contribution in [-0.4, -0.2) is 48.2 Å². The molecule has 1 aromatic carbocycles. The maximum atomic E-state index is 5.52. The van der Waals surface area contributed by atoms with Crippen LogP contribution in [0, 0.1) is 6.07 Å². The molecule has 0 bridgehead atoms. The Balaban J connectivity index is 0.00000128. The van der Waals surface area contributed by atoms with Crippen LogP contribution in [0.1, 0.15) is 19.4 Å². The van der Waals surface area contributed by atoms with Gasteiger partial charge in [0.05, 0.1) is 12.6 Å². The van der Waals surface area contributed by atoms with Crippen LogP contribution < -0.4 is 21.7 Å². The zero-order valence-electron chi connectivity index (χ0n) is 10.3. The first-order valence-corrected chi connectivity index (χ1v) is 4.89. The molecule has 1 heterocycles. The molecule has 0 saturated heterocycles. The van der Waals surface area contributed by atoms with Crippen LogP contribution in [-0.2, 0) is 4.74 Å². The topological polar surface area (TPSA) is 30.8 Å². The first-order valence-electron chi connectivity index (χ1n) is 4.89. The number of ether oxygens (including phenoxy) is 2. The number of methoxy groups -OCH3 is 1. The number of nitrogens with zero attached hydrogens (tertiary/aromatic N) is 1. The Kier molecular flexibility index (Phi) is 6.51. The fourth-order valence-electron chi connectivity index (χ4n) is 1.42. The first-order chi connectivity index (χ1) is 7.11. The maximum Gasteiger partial charge on any atom is 2.00 e. The van der Waals surface area contributed by atoms with E-state index in [2.05, 4.69) is 11.1 Å². The number of aliphatic imine (C=N–C) groups is 1. The number of hydrogen-bond acceptors (Lipinski definition) is 3. The second-order valence-corrected chi connectivity index (χ2v) is 4.16. The van der Waals surface area contributed by atoms with E-state index in [9.17, 15) is 0 Å². The Bertz CT molecular complexity index is 407. The molecule has 0 aliphatic carbocycles. The summed E-state index contributed by atoms with van der Waals surface area (Å²) < 4.78 is 10.7. The van der Waals surface area contributed by atoms with Crippen LogP contribution in [0.5, 0.6) is 5.75 Å². The zero-order valence-corrected chi connectivity index (χ0v) is 13.3. The standard InChI is InChI=1S/C12H14NO2.BrH.Mg/c1-12(2)8-15-11(13-12)9-5-4-6-10(7-9)14-3;;/h4,6-7H,8H2,1-3H3;1H;/q-1;;+2/p-1. The van der Waals surface area contributed by atoms with Crippen LogP contribution in [0.2, 0.25) is 0 Å². The molecule has 1 aliphatic rings. The molecule has 0 radical (unpaired) electrons. The second kappa shape index (κ2) is 6.61. The largest absolute Gasteiger partial charge is 2.00 e. The van der Waals surface area contributed by atoms with Gasteiger partial charge in [-0.25, -0.2) is 0 Å². The molecule has 1 aromatic rings. The van der Waals surface area contributed by atoms with E-state index in [4.69, 9.17) is 9.47 Å². The van der Waals surface area contributed by atoms with E-state index in [-0.39, 0.29) is 45.6 Å². The fraction of sp³-hybridized carbons (Fsp3) is 0.417. The van der Waals surface area contributed by atoms with Crippen molar-refractivity contribution in [3.05, 3.63) is 29.8 Å². The van der Waals surface area contributed by atoms with E-state index in [1.54, 1.807) is 7.11 Å². The Labute approximate surface area is 129 Å². The van der Waals surface area contributed by atoms with Crippen LogP contribution in [0.15, 0.2) is 23.2 Å². The summed E-state index contributed by atoms with van der Waals surface area (Å²) in [5, 5.41) is 0. The van der Waals surface area contributed by atoms with Crippen molar-refractivity contribution < 1.29 is 26.5 Å². The van der Waals surface area contributed by atoms with E-state index in [1.807, 2.05) is 32.0 Å². The van der Waals surface area contributed by atoms with Gasteiger partial charge >= 0.3 is 23.1 Å². The minimum Gasteiger partial charge on any atom is -1.00 e. The molecule has 0 saturated carbocycles. The van der Waals surface area contributed by atoms with Gasteiger partial charge in [0, 0.05) is 5.75 Å². The number of benzene rings is 1. The molecule has 0 fully saturated rings. The van der Waals surface area contributed by atoms with Crippen LogP contribution in [0.3, 0.4) is 0 Å². The van der Waals surface area contributed by atoms with Crippen molar-refractivity contribution in [3.8, 4) is 5.75 Å². The summed E-state index contributed by atoms with van der Waals surface area (Å²) in [6.45, 7) is 4.70. The molecule has 0 aromatic heterocycles. The predicted octanol–water partition coefficient (Wildman–Crippen LogP) is -1.33. The van der Waals surface area contributed by atoms with Crippen molar-refractivity contribution in [1.29, 1.82) is 0 Å². The molecule has 3 nitrogen and oxygen atoms in total. The third-order valence-corrected chi connectivity index (χ3v) is 2.21. The van der Waals surface area contributed by atoms with Gasteiger partial charge < -0.3 is 26.5 Å². The number of halogens is 1. The smallest absolute Gasteiger partial charge is 1.00 e.